The molecule has 2 aliphatic heterocycles. The van der Waals surface area contributed by atoms with Crippen molar-refractivity contribution in [1.82, 2.24) is 0 Å². The van der Waals surface area contributed by atoms with E-state index in [1.54, 1.807) is 11.1 Å². The van der Waals surface area contributed by atoms with Crippen LogP contribution in [-0.4, -0.2) is 24.5 Å². The van der Waals surface area contributed by atoms with Gasteiger partial charge < -0.3 is 0 Å². The van der Waals surface area contributed by atoms with E-state index < -0.39 is 0 Å². The number of allylic oxidation sites excluding steroid dienone is 1. The summed E-state index contributed by atoms with van der Waals surface area (Å²) in [7, 11) is 0. The zero-order valence-corrected chi connectivity index (χ0v) is 10.5. The average Bonchev–Trinajstić information content (AvgIpc) is 2.62. The molecule has 2 heteroatoms. The van der Waals surface area contributed by atoms with Crippen LogP contribution in [-0.2, 0) is 0 Å². The minimum absolute atomic E-state index is 0.588. The molecule has 4 rings (SSSR count). The first kappa shape index (κ1) is 10.0. The van der Waals surface area contributed by atoms with Crippen LogP contribution in [0.2, 0.25) is 0 Å². The topological polar surface area (TPSA) is 24.7 Å². The van der Waals surface area contributed by atoms with E-state index in [0.29, 0.717) is 12.0 Å². The zero-order valence-electron chi connectivity index (χ0n) is 10.5. The van der Waals surface area contributed by atoms with E-state index in [4.69, 9.17) is 4.99 Å². The molecule has 0 N–H and O–H groups in total. The number of fused-ring (bicyclic) bond motifs is 2. The lowest BCUT2D eigenvalue weighted by molar-refractivity contribution is 0.340. The summed E-state index contributed by atoms with van der Waals surface area (Å²) in [5, 5.41) is 0. The minimum atomic E-state index is 0.588. The Labute approximate surface area is 103 Å². The van der Waals surface area contributed by atoms with Gasteiger partial charge in [-0.15, -0.1) is 0 Å². The predicted molar refractivity (Wildman–Crippen MR) is 70.8 cm³/mol. The van der Waals surface area contributed by atoms with Gasteiger partial charge in [0, 0.05) is 30.8 Å². The van der Waals surface area contributed by atoms with Crippen LogP contribution in [0.25, 0.3) is 0 Å². The Balaban J connectivity index is 1.83. The molecule has 0 aromatic rings. The first-order valence-electron chi connectivity index (χ1n) is 7.07. The molecule has 2 heterocycles. The summed E-state index contributed by atoms with van der Waals surface area (Å²) in [4.78, 5) is 9.66. The highest BCUT2D eigenvalue weighted by molar-refractivity contribution is 5.92. The van der Waals surface area contributed by atoms with Crippen LogP contribution in [0.4, 0.5) is 0 Å². The summed E-state index contributed by atoms with van der Waals surface area (Å²) in [6.45, 7) is 3.42. The van der Waals surface area contributed by atoms with Gasteiger partial charge in [-0.05, 0) is 37.5 Å². The molecule has 4 atom stereocenters. The molecule has 0 radical (unpaired) electrons. The van der Waals surface area contributed by atoms with Crippen molar-refractivity contribution in [2.24, 2.45) is 27.7 Å². The van der Waals surface area contributed by atoms with Crippen LogP contribution in [0.15, 0.2) is 21.1 Å². The normalized spacial score (nSPS) is 43.2. The molecule has 2 nitrogen and oxygen atoms in total. The molecule has 0 amide bonds. The molecule has 0 spiro atoms. The number of hydrogen-bond donors (Lipinski definition) is 0. The van der Waals surface area contributed by atoms with Crippen molar-refractivity contribution in [1.29, 1.82) is 0 Å². The molecule has 2 aliphatic carbocycles. The largest absolute Gasteiger partial charge is 0.297 e. The molecular weight excluding hydrogens is 208 g/mol. The summed E-state index contributed by atoms with van der Waals surface area (Å²) in [6.07, 6.45) is 8.44. The van der Waals surface area contributed by atoms with Gasteiger partial charge in [0.2, 0.25) is 0 Å². The number of rotatable bonds is 0. The lowest BCUT2D eigenvalue weighted by Crippen LogP contribution is -2.30. The number of nitrogens with zero attached hydrogens (tertiary/aromatic N) is 2. The minimum Gasteiger partial charge on any atom is -0.297 e. The maximum atomic E-state index is 5.05. The fourth-order valence-electron chi connectivity index (χ4n) is 4.24. The Morgan fingerprint density at radius 2 is 2.18 bits per heavy atom. The van der Waals surface area contributed by atoms with E-state index in [0.717, 1.165) is 18.4 Å². The summed E-state index contributed by atoms with van der Waals surface area (Å²) >= 11 is 0. The van der Waals surface area contributed by atoms with E-state index >= 15 is 0 Å². The smallest absolute Gasteiger partial charge is 0.0537 e. The highest BCUT2D eigenvalue weighted by Crippen LogP contribution is 2.46. The Hall–Kier alpha value is -0.920. The van der Waals surface area contributed by atoms with Gasteiger partial charge in [0.15, 0.2) is 0 Å². The lowest BCUT2D eigenvalue weighted by Gasteiger charge is -2.34. The molecular formula is C15H20N2. The van der Waals surface area contributed by atoms with Crippen LogP contribution in [0.3, 0.4) is 0 Å². The van der Waals surface area contributed by atoms with Crippen molar-refractivity contribution in [3.05, 3.63) is 11.1 Å². The van der Waals surface area contributed by atoms with Crippen molar-refractivity contribution >= 4 is 11.9 Å². The molecule has 4 aliphatic rings. The van der Waals surface area contributed by atoms with Crippen molar-refractivity contribution in [3.8, 4) is 0 Å². The molecule has 90 valence electrons. The third-order valence-corrected chi connectivity index (χ3v) is 5.27. The third kappa shape index (κ3) is 1.46. The standard InChI is InChI=1S/C15H20N2/c1-9-13-6-12-4-10-5-14(9)17-15(13)7-11(12)2-3-16-8-10/h8-10,13-14H,2-7H2,1H3. The maximum Gasteiger partial charge on any atom is 0.0537 e. The second kappa shape index (κ2) is 3.54. The Kier molecular flexibility index (Phi) is 2.09. The lowest BCUT2D eigenvalue weighted by atomic mass is 9.70. The molecule has 0 aromatic carbocycles. The third-order valence-electron chi connectivity index (χ3n) is 5.27. The Bertz CT molecular complexity index is 444. The van der Waals surface area contributed by atoms with Crippen LogP contribution < -0.4 is 0 Å². The highest BCUT2D eigenvalue weighted by atomic mass is 14.9. The van der Waals surface area contributed by atoms with Gasteiger partial charge in [0.25, 0.3) is 0 Å². The van der Waals surface area contributed by atoms with Gasteiger partial charge in [-0.3, -0.25) is 9.98 Å². The SMILES string of the molecule is CC1C2CC3C=NCCC4=C(C3)CC1C(=N2)C4. The van der Waals surface area contributed by atoms with Crippen LogP contribution in [0.5, 0.6) is 0 Å². The van der Waals surface area contributed by atoms with E-state index in [1.807, 2.05) is 0 Å². The van der Waals surface area contributed by atoms with Crippen LogP contribution in [0.1, 0.15) is 39.0 Å². The first-order valence-corrected chi connectivity index (χ1v) is 7.07. The van der Waals surface area contributed by atoms with E-state index in [9.17, 15) is 0 Å². The van der Waals surface area contributed by atoms with Crippen molar-refractivity contribution in [2.75, 3.05) is 6.54 Å². The van der Waals surface area contributed by atoms with Gasteiger partial charge in [-0.1, -0.05) is 18.1 Å². The fourth-order valence-corrected chi connectivity index (χ4v) is 4.24. The molecule has 0 aromatic heterocycles. The monoisotopic (exact) mass is 228 g/mol. The summed E-state index contributed by atoms with van der Waals surface area (Å²) in [5.41, 5.74) is 5.00. The van der Waals surface area contributed by atoms with Crippen molar-refractivity contribution < 1.29 is 0 Å². The Morgan fingerprint density at radius 3 is 3.12 bits per heavy atom. The molecule has 1 fully saturated rings. The van der Waals surface area contributed by atoms with Gasteiger partial charge in [0.05, 0.1) is 6.04 Å². The number of aliphatic imine (C=N–C) groups is 2. The van der Waals surface area contributed by atoms with E-state index in [-0.39, 0.29) is 0 Å². The molecule has 1 saturated carbocycles. The Morgan fingerprint density at radius 1 is 1.24 bits per heavy atom. The van der Waals surface area contributed by atoms with Crippen molar-refractivity contribution in [2.45, 2.75) is 45.1 Å². The van der Waals surface area contributed by atoms with Crippen LogP contribution in [0, 0.1) is 17.8 Å². The molecule has 0 saturated heterocycles. The second-order valence-corrected chi connectivity index (χ2v) is 6.25. The van der Waals surface area contributed by atoms with Crippen molar-refractivity contribution in [3.63, 3.8) is 0 Å². The zero-order chi connectivity index (χ0) is 11.4. The average molecular weight is 228 g/mol. The number of hydrogen-bond acceptors (Lipinski definition) is 2. The van der Waals surface area contributed by atoms with Crippen LogP contribution >= 0.6 is 0 Å². The highest BCUT2D eigenvalue weighted by Gasteiger charge is 2.42. The second-order valence-electron chi connectivity index (χ2n) is 6.25. The van der Waals surface area contributed by atoms with E-state index in [1.165, 1.54) is 37.8 Å². The summed E-state index contributed by atoms with van der Waals surface area (Å²) < 4.78 is 0. The van der Waals surface area contributed by atoms with Gasteiger partial charge in [-0.25, -0.2) is 0 Å². The fraction of sp³-hybridized carbons (Fsp3) is 0.733. The maximum absolute atomic E-state index is 5.05. The van der Waals surface area contributed by atoms with E-state index in [2.05, 4.69) is 18.1 Å². The molecule has 17 heavy (non-hydrogen) atoms. The van der Waals surface area contributed by atoms with Gasteiger partial charge in [0.1, 0.15) is 0 Å². The van der Waals surface area contributed by atoms with Gasteiger partial charge in [-0.2, -0.15) is 0 Å². The van der Waals surface area contributed by atoms with Gasteiger partial charge >= 0.3 is 0 Å². The summed E-state index contributed by atoms with van der Waals surface area (Å²) in [6, 6.07) is 0.588. The quantitative estimate of drug-likeness (QED) is 0.569. The summed E-state index contributed by atoms with van der Waals surface area (Å²) in [5.74, 6) is 2.23. The molecule has 4 unspecified atom stereocenters. The molecule has 4 bridgehead atoms. The predicted octanol–water partition coefficient (Wildman–Crippen LogP) is 3.04. The first-order chi connectivity index (χ1) is 8.31.